The molecule has 1 saturated heterocycles. The summed E-state index contributed by atoms with van der Waals surface area (Å²) < 4.78 is 5.71. The molecule has 1 aromatic carbocycles. The molecule has 0 saturated carbocycles. The number of urea groups is 1. The number of carbonyl (C=O) groups excluding carboxylic acids is 2. The van der Waals surface area contributed by atoms with E-state index in [0.717, 1.165) is 16.2 Å². The van der Waals surface area contributed by atoms with Gasteiger partial charge in [-0.1, -0.05) is 12.1 Å². The van der Waals surface area contributed by atoms with Gasteiger partial charge >= 0.3 is 6.03 Å². The average molecular weight is 329 g/mol. The van der Waals surface area contributed by atoms with Gasteiger partial charge in [0, 0.05) is 7.05 Å². The number of carbonyl (C=O) groups is 2. The smallest absolute Gasteiger partial charge is 0.417 e. The first-order valence-corrected chi connectivity index (χ1v) is 7.63. The van der Waals surface area contributed by atoms with Crippen molar-refractivity contribution in [1.82, 2.24) is 9.80 Å². The number of hydrogen-bond acceptors (Lipinski definition) is 4. The monoisotopic (exact) mass is 329 g/mol. The fourth-order valence-corrected chi connectivity index (χ4v) is 2.44. The van der Waals surface area contributed by atoms with E-state index < -0.39 is 17.9 Å². The highest BCUT2D eigenvalue weighted by molar-refractivity contribution is 6.17. The number of rotatable bonds is 4. The number of nitrogens with one attached hydrogen (secondary N) is 1. The SMILES string of the molecule is Cc1cccc(OCC(C)[NH+]=C2C(C#N)C(=O)N(C)C(=O)N2C)c1. The van der Waals surface area contributed by atoms with E-state index in [1.165, 1.54) is 19.0 Å². The quantitative estimate of drug-likeness (QED) is 0.836. The van der Waals surface area contributed by atoms with Gasteiger partial charge in [-0.25, -0.2) is 9.69 Å². The maximum Gasteiger partial charge on any atom is 0.417 e. The highest BCUT2D eigenvalue weighted by Gasteiger charge is 2.47. The molecule has 0 bridgehead atoms. The number of nitriles is 1. The van der Waals surface area contributed by atoms with Gasteiger partial charge in [-0.05, 0) is 31.5 Å². The average Bonchev–Trinajstić information content (AvgIpc) is 2.56. The molecule has 0 radical (unpaired) electrons. The number of hydrogen-bond donors (Lipinski definition) is 1. The third-order valence-corrected chi connectivity index (χ3v) is 3.80. The number of ether oxygens (including phenoxy) is 1. The molecule has 0 spiro atoms. The molecule has 1 aliphatic heterocycles. The van der Waals surface area contributed by atoms with Crippen molar-refractivity contribution < 1.29 is 19.3 Å². The van der Waals surface area contributed by atoms with Gasteiger partial charge in [-0.2, -0.15) is 10.2 Å². The summed E-state index contributed by atoms with van der Waals surface area (Å²) in [6, 6.07) is 8.95. The standard InChI is InChI=1S/C17H20N4O3/c1-11-6-5-7-13(8-11)24-10-12(2)19-15-14(9-18)16(22)21(4)17(23)20(15)3/h5-8,12,14H,10H2,1-4H3/p+1. The van der Waals surface area contributed by atoms with Gasteiger partial charge in [0.05, 0.1) is 13.1 Å². The minimum Gasteiger partial charge on any atom is -0.489 e. The molecular weight excluding hydrogens is 308 g/mol. The second-order valence-electron chi connectivity index (χ2n) is 5.86. The molecule has 126 valence electrons. The van der Waals surface area contributed by atoms with Crippen LogP contribution in [0.4, 0.5) is 4.79 Å². The van der Waals surface area contributed by atoms with E-state index in [4.69, 9.17) is 4.74 Å². The van der Waals surface area contributed by atoms with Crippen molar-refractivity contribution in [1.29, 1.82) is 5.26 Å². The Labute approximate surface area is 141 Å². The molecule has 2 unspecified atom stereocenters. The van der Waals surface area contributed by atoms with Crippen LogP contribution < -0.4 is 9.73 Å². The molecule has 2 atom stereocenters. The van der Waals surface area contributed by atoms with Crippen LogP contribution in [-0.4, -0.2) is 54.3 Å². The normalized spacial score (nSPS) is 21.0. The van der Waals surface area contributed by atoms with Gasteiger partial charge in [0.15, 0.2) is 0 Å². The van der Waals surface area contributed by atoms with E-state index in [0.29, 0.717) is 6.61 Å². The van der Waals surface area contributed by atoms with Crippen LogP contribution in [0.5, 0.6) is 5.75 Å². The van der Waals surface area contributed by atoms with Gasteiger partial charge in [-0.3, -0.25) is 9.79 Å². The third-order valence-electron chi connectivity index (χ3n) is 3.80. The van der Waals surface area contributed by atoms with Gasteiger partial charge < -0.3 is 4.74 Å². The first-order valence-electron chi connectivity index (χ1n) is 7.63. The second kappa shape index (κ2) is 7.13. The number of amidine groups is 1. The molecule has 2 rings (SSSR count). The van der Waals surface area contributed by atoms with Crippen LogP contribution in [-0.2, 0) is 4.79 Å². The summed E-state index contributed by atoms with van der Waals surface area (Å²) in [5.41, 5.74) is 1.10. The highest BCUT2D eigenvalue weighted by Crippen LogP contribution is 2.14. The number of benzene rings is 1. The number of aryl methyl sites for hydroxylation is 1. The summed E-state index contributed by atoms with van der Waals surface area (Å²) in [7, 11) is 2.90. The minimum absolute atomic E-state index is 0.192. The maximum atomic E-state index is 12.1. The zero-order chi connectivity index (χ0) is 17.9. The predicted molar refractivity (Wildman–Crippen MR) is 87.1 cm³/mol. The molecule has 3 amide bonds. The largest absolute Gasteiger partial charge is 0.489 e. The molecule has 1 heterocycles. The summed E-state index contributed by atoms with van der Waals surface area (Å²) in [5, 5.41) is 9.28. The first kappa shape index (κ1) is 17.5. The van der Waals surface area contributed by atoms with Gasteiger partial charge in [0.25, 0.3) is 11.7 Å². The van der Waals surface area contributed by atoms with Crippen molar-refractivity contribution in [3.05, 3.63) is 29.8 Å². The summed E-state index contributed by atoms with van der Waals surface area (Å²) in [4.78, 5) is 29.4. The van der Waals surface area contributed by atoms with E-state index in [2.05, 4.69) is 4.99 Å². The van der Waals surface area contributed by atoms with E-state index in [9.17, 15) is 14.9 Å². The summed E-state index contributed by atoms with van der Waals surface area (Å²) in [6.45, 7) is 4.17. The van der Waals surface area contributed by atoms with Crippen LogP contribution in [0, 0.1) is 24.2 Å². The molecule has 7 heteroatoms. The van der Waals surface area contributed by atoms with E-state index in [-0.39, 0.29) is 11.9 Å². The third kappa shape index (κ3) is 3.54. The molecule has 1 N–H and O–H groups in total. The lowest BCUT2D eigenvalue weighted by molar-refractivity contribution is -0.507. The van der Waals surface area contributed by atoms with Crippen LogP contribution in [0.2, 0.25) is 0 Å². The van der Waals surface area contributed by atoms with Crippen molar-refractivity contribution in [2.24, 2.45) is 5.92 Å². The summed E-state index contributed by atoms with van der Waals surface area (Å²) >= 11 is 0. The lowest BCUT2D eigenvalue weighted by Gasteiger charge is -2.27. The zero-order valence-corrected chi connectivity index (χ0v) is 14.2. The Kier molecular flexibility index (Phi) is 5.19. The fourth-order valence-electron chi connectivity index (χ4n) is 2.44. The van der Waals surface area contributed by atoms with E-state index >= 15 is 0 Å². The molecule has 24 heavy (non-hydrogen) atoms. The van der Waals surface area contributed by atoms with Crippen LogP contribution in [0.25, 0.3) is 0 Å². The lowest BCUT2D eigenvalue weighted by Crippen LogP contribution is -2.86. The Balaban J connectivity index is 2.13. The predicted octanol–water partition coefficient (Wildman–Crippen LogP) is -0.0950. The lowest BCUT2D eigenvalue weighted by atomic mass is 10.1. The molecule has 1 fully saturated rings. The first-order chi connectivity index (χ1) is 11.3. The molecule has 0 aromatic heterocycles. The van der Waals surface area contributed by atoms with Gasteiger partial charge in [0.1, 0.15) is 18.4 Å². The number of nitrogens with zero attached hydrogens (tertiary/aromatic N) is 3. The van der Waals surface area contributed by atoms with Crippen molar-refractivity contribution in [2.75, 3.05) is 20.7 Å². The van der Waals surface area contributed by atoms with Crippen molar-refractivity contribution in [3.63, 3.8) is 0 Å². The number of amides is 3. The van der Waals surface area contributed by atoms with Crippen LogP contribution >= 0.6 is 0 Å². The summed E-state index contributed by atoms with van der Waals surface area (Å²) in [6.07, 6.45) is 0. The van der Waals surface area contributed by atoms with Gasteiger partial charge in [0.2, 0.25) is 5.92 Å². The maximum absolute atomic E-state index is 12.1. The molecule has 1 aromatic rings. The van der Waals surface area contributed by atoms with E-state index in [1.807, 2.05) is 44.2 Å². The Bertz CT molecular complexity index is 723. The molecule has 1 aliphatic rings. The Morgan fingerprint density at radius 2 is 2.04 bits per heavy atom. The Morgan fingerprint density at radius 3 is 2.67 bits per heavy atom. The molecule has 0 aliphatic carbocycles. The Hall–Kier alpha value is -2.88. The fraction of sp³-hybridized carbons (Fsp3) is 0.412. The minimum atomic E-state index is -1.03. The van der Waals surface area contributed by atoms with Crippen molar-refractivity contribution >= 4 is 17.8 Å². The molecule has 7 nitrogen and oxygen atoms in total. The van der Waals surface area contributed by atoms with Crippen LogP contribution in [0.15, 0.2) is 24.3 Å². The highest BCUT2D eigenvalue weighted by atomic mass is 16.5. The molecular formula is C17H21N4O3+. The van der Waals surface area contributed by atoms with Crippen molar-refractivity contribution in [2.45, 2.75) is 19.9 Å². The van der Waals surface area contributed by atoms with Crippen LogP contribution in [0.3, 0.4) is 0 Å². The Morgan fingerprint density at radius 1 is 1.33 bits per heavy atom. The number of imide groups is 1. The summed E-state index contributed by atoms with van der Waals surface area (Å²) in [5.74, 6) is -0.533. The van der Waals surface area contributed by atoms with E-state index in [1.54, 1.807) is 0 Å². The van der Waals surface area contributed by atoms with Gasteiger partial charge in [-0.15, -0.1) is 0 Å². The zero-order valence-electron chi connectivity index (χ0n) is 14.2. The second-order valence-corrected chi connectivity index (χ2v) is 5.86. The van der Waals surface area contributed by atoms with Crippen LogP contribution in [0.1, 0.15) is 12.5 Å². The van der Waals surface area contributed by atoms with Crippen molar-refractivity contribution in [3.8, 4) is 11.8 Å². The topological polar surface area (TPSA) is 87.6 Å².